The molecule has 0 radical (unpaired) electrons. The summed E-state index contributed by atoms with van der Waals surface area (Å²) >= 11 is 0. The summed E-state index contributed by atoms with van der Waals surface area (Å²) in [5.74, 6) is -0.977. The van der Waals surface area contributed by atoms with Crippen molar-refractivity contribution in [3.8, 4) is 0 Å². The summed E-state index contributed by atoms with van der Waals surface area (Å²) in [7, 11) is 1.46. The lowest BCUT2D eigenvalue weighted by atomic mass is 9.86. The lowest BCUT2D eigenvalue weighted by Gasteiger charge is -2.30. The van der Waals surface area contributed by atoms with Crippen LogP contribution in [0.3, 0.4) is 0 Å². The number of hydrogen-bond donors (Lipinski definition) is 3. The quantitative estimate of drug-likeness (QED) is 0.656. The van der Waals surface area contributed by atoms with Crippen LogP contribution in [0.4, 0.5) is 10.1 Å². The highest BCUT2D eigenvalue weighted by molar-refractivity contribution is 6.36. The zero-order valence-corrected chi connectivity index (χ0v) is 18.2. The minimum atomic E-state index is -0.637. The van der Waals surface area contributed by atoms with Gasteiger partial charge >= 0.3 is 0 Å². The number of aromatic nitrogens is 1. The topological polar surface area (TPSA) is 91.2 Å². The molecule has 0 saturated heterocycles. The summed E-state index contributed by atoms with van der Waals surface area (Å²) in [5.41, 5.74) is 10.4. The van der Waals surface area contributed by atoms with E-state index in [-0.39, 0.29) is 17.5 Å². The first-order chi connectivity index (χ1) is 14.8. The minimum Gasteiger partial charge on any atom is -0.359 e. The fourth-order valence-corrected chi connectivity index (χ4v) is 4.67. The molecule has 1 saturated carbocycles. The molecule has 1 aliphatic carbocycles. The molecule has 6 nitrogen and oxygen atoms in total. The Balaban J connectivity index is 1.78. The zero-order valence-electron chi connectivity index (χ0n) is 18.2. The highest BCUT2D eigenvalue weighted by Crippen LogP contribution is 2.41. The van der Waals surface area contributed by atoms with Crippen LogP contribution in [0.2, 0.25) is 0 Å². The van der Waals surface area contributed by atoms with Gasteiger partial charge in [0.2, 0.25) is 0 Å². The van der Waals surface area contributed by atoms with E-state index in [9.17, 15) is 14.0 Å². The Morgan fingerprint density at radius 2 is 1.97 bits per heavy atom. The molecular weight excluding hydrogens is 395 g/mol. The smallest absolute Gasteiger partial charge is 0.259 e. The molecule has 31 heavy (non-hydrogen) atoms. The molecule has 0 atom stereocenters. The van der Waals surface area contributed by atoms with Crippen molar-refractivity contribution in [2.24, 2.45) is 11.7 Å². The molecule has 0 spiro atoms. The third kappa shape index (κ3) is 4.02. The van der Waals surface area contributed by atoms with Crippen LogP contribution in [0.1, 0.15) is 58.6 Å². The van der Waals surface area contributed by atoms with E-state index in [1.807, 2.05) is 19.9 Å². The highest BCUT2D eigenvalue weighted by Gasteiger charge is 2.36. The van der Waals surface area contributed by atoms with Gasteiger partial charge in [-0.15, -0.1) is 0 Å². The van der Waals surface area contributed by atoms with Gasteiger partial charge in [-0.2, -0.15) is 0 Å². The van der Waals surface area contributed by atoms with Crippen LogP contribution in [0.25, 0.3) is 11.6 Å². The first-order valence-corrected chi connectivity index (χ1v) is 10.8. The number of hydrogen-bond acceptors (Lipinski definition) is 3. The van der Waals surface area contributed by atoms with Crippen LogP contribution >= 0.6 is 0 Å². The molecule has 164 valence electrons. The highest BCUT2D eigenvalue weighted by atomic mass is 19.1. The van der Waals surface area contributed by atoms with Gasteiger partial charge < -0.3 is 20.9 Å². The molecule has 1 aromatic carbocycles. The normalized spacial score (nSPS) is 22.2. The first kappa shape index (κ1) is 21.3. The second-order valence-electron chi connectivity index (χ2n) is 8.73. The lowest BCUT2D eigenvalue weighted by Crippen LogP contribution is -2.36. The summed E-state index contributed by atoms with van der Waals surface area (Å²) in [6.45, 7) is 4.46. The maximum atomic E-state index is 14.8. The van der Waals surface area contributed by atoms with Gasteiger partial charge in [-0.3, -0.25) is 9.59 Å². The van der Waals surface area contributed by atoms with Gasteiger partial charge in [0.1, 0.15) is 5.82 Å². The molecule has 1 aromatic heterocycles. The molecule has 7 heteroatoms. The Labute approximate surface area is 181 Å². The molecular formula is C24H29FN4O2. The zero-order chi connectivity index (χ0) is 22.3. The Morgan fingerprint density at radius 3 is 2.58 bits per heavy atom. The number of aromatic amines is 1. The molecule has 2 amide bonds. The fraction of sp³-hybridized carbons (Fsp3) is 0.417. The van der Waals surface area contributed by atoms with Gasteiger partial charge in [0, 0.05) is 36.6 Å². The van der Waals surface area contributed by atoms with Crippen LogP contribution in [0.5, 0.6) is 0 Å². The molecule has 4 rings (SSSR count). The lowest BCUT2D eigenvalue weighted by molar-refractivity contribution is -0.113. The Hall–Kier alpha value is -2.93. The van der Waals surface area contributed by atoms with Crippen molar-refractivity contribution in [1.29, 1.82) is 0 Å². The van der Waals surface area contributed by atoms with E-state index in [1.54, 1.807) is 11.0 Å². The Kier molecular flexibility index (Phi) is 5.71. The van der Waals surface area contributed by atoms with Crippen molar-refractivity contribution in [3.63, 3.8) is 0 Å². The third-order valence-corrected chi connectivity index (χ3v) is 6.42. The van der Waals surface area contributed by atoms with Crippen LogP contribution in [0.15, 0.2) is 18.2 Å². The number of nitrogens with zero attached hydrogens (tertiary/aromatic N) is 1. The van der Waals surface area contributed by atoms with E-state index in [2.05, 4.69) is 10.3 Å². The molecule has 2 aromatic rings. The van der Waals surface area contributed by atoms with E-state index in [1.165, 1.54) is 19.2 Å². The Bertz CT molecular complexity index is 1060. The third-order valence-electron chi connectivity index (χ3n) is 6.42. The number of nitrogens with two attached hydrogens (primary N) is 1. The van der Waals surface area contributed by atoms with Gasteiger partial charge in [-0.05, 0) is 75.3 Å². The number of carbonyl (C=O) groups is 2. The maximum absolute atomic E-state index is 14.8. The number of carbonyl (C=O) groups excluding carboxylic acids is 2. The molecule has 2 heterocycles. The molecule has 1 fully saturated rings. The van der Waals surface area contributed by atoms with Crippen molar-refractivity contribution in [3.05, 3.63) is 52.1 Å². The average Bonchev–Trinajstić information content (AvgIpc) is 3.18. The summed E-state index contributed by atoms with van der Waals surface area (Å²) < 4.78 is 14.8. The summed E-state index contributed by atoms with van der Waals surface area (Å²) in [6, 6.07) is 5.04. The van der Waals surface area contributed by atoms with Crippen molar-refractivity contribution < 1.29 is 14.0 Å². The van der Waals surface area contributed by atoms with E-state index in [0.717, 1.165) is 42.6 Å². The van der Waals surface area contributed by atoms with Gasteiger partial charge in [0.05, 0.1) is 16.8 Å². The van der Waals surface area contributed by atoms with Crippen LogP contribution in [-0.4, -0.2) is 36.4 Å². The SMILES string of the molecule is CNC(=O)c1cc2c(cc1F)/C(=C/c1[nH]c(C)cc1C)C(=O)N2CC1CCC(N)CC1. The first-order valence-electron chi connectivity index (χ1n) is 10.8. The minimum absolute atomic E-state index is 0.0575. The molecule has 1 aliphatic heterocycles. The number of nitrogens with one attached hydrogen (secondary N) is 2. The van der Waals surface area contributed by atoms with Gasteiger partial charge in [0.25, 0.3) is 11.8 Å². The van der Waals surface area contributed by atoms with E-state index in [4.69, 9.17) is 5.73 Å². The average molecular weight is 425 g/mol. The van der Waals surface area contributed by atoms with E-state index >= 15 is 0 Å². The molecule has 0 unspecified atom stereocenters. The van der Waals surface area contributed by atoms with Crippen LogP contribution < -0.4 is 16.0 Å². The van der Waals surface area contributed by atoms with Crippen molar-refractivity contribution in [1.82, 2.24) is 10.3 Å². The number of aryl methyl sites for hydroxylation is 2. The molecule has 4 N–H and O–H groups in total. The number of rotatable bonds is 4. The predicted molar refractivity (Wildman–Crippen MR) is 120 cm³/mol. The predicted octanol–water partition coefficient (Wildman–Crippen LogP) is 3.53. The van der Waals surface area contributed by atoms with Crippen LogP contribution in [-0.2, 0) is 4.79 Å². The largest absolute Gasteiger partial charge is 0.359 e. The summed E-state index contributed by atoms with van der Waals surface area (Å²) in [4.78, 5) is 30.6. The number of fused-ring (bicyclic) bond motifs is 1. The number of halogens is 1. The summed E-state index contributed by atoms with van der Waals surface area (Å²) in [6.07, 6.45) is 5.58. The van der Waals surface area contributed by atoms with Crippen molar-refractivity contribution >= 4 is 29.2 Å². The van der Waals surface area contributed by atoms with Gasteiger partial charge in [0.15, 0.2) is 0 Å². The number of anilines is 1. The van der Waals surface area contributed by atoms with Crippen molar-refractivity contribution in [2.45, 2.75) is 45.6 Å². The van der Waals surface area contributed by atoms with E-state index in [0.29, 0.717) is 29.3 Å². The molecule has 0 bridgehead atoms. The van der Waals surface area contributed by atoms with Gasteiger partial charge in [-0.25, -0.2) is 4.39 Å². The summed E-state index contributed by atoms with van der Waals surface area (Å²) in [5, 5.41) is 2.47. The number of benzene rings is 1. The second-order valence-corrected chi connectivity index (χ2v) is 8.73. The monoisotopic (exact) mass is 424 g/mol. The maximum Gasteiger partial charge on any atom is 0.259 e. The fourth-order valence-electron chi connectivity index (χ4n) is 4.67. The van der Waals surface area contributed by atoms with Crippen molar-refractivity contribution in [2.75, 3.05) is 18.5 Å². The molecule has 2 aliphatic rings. The second kappa shape index (κ2) is 8.30. The standard InChI is InChI=1S/C24H29FN4O2/c1-13-8-14(2)28-21(13)10-18-17-9-20(25)19(23(30)27-3)11-22(17)29(24(18)31)12-15-4-6-16(26)7-5-15/h8-11,15-16,28H,4-7,12,26H2,1-3H3,(H,27,30)/b18-10-. The van der Waals surface area contributed by atoms with E-state index < -0.39 is 11.7 Å². The Morgan fingerprint density at radius 1 is 1.26 bits per heavy atom. The number of amides is 2. The number of H-pyrrole nitrogens is 1. The van der Waals surface area contributed by atoms with Gasteiger partial charge in [-0.1, -0.05) is 0 Å². The van der Waals surface area contributed by atoms with Crippen LogP contribution in [0, 0.1) is 25.6 Å².